The van der Waals surface area contributed by atoms with E-state index in [4.69, 9.17) is 27.9 Å². The monoisotopic (exact) mass is 274 g/mol. The summed E-state index contributed by atoms with van der Waals surface area (Å²) in [5.74, 6) is 0.690. The van der Waals surface area contributed by atoms with Gasteiger partial charge in [0.2, 0.25) is 0 Å². The number of hydrogen-bond donors (Lipinski definition) is 1. The Bertz CT molecular complexity index is 364. The van der Waals surface area contributed by atoms with E-state index in [1.807, 2.05) is 12.1 Å². The minimum atomic E-state index is 0.516. The lowest BCUT2D eigenvalue weighted by atomic mass is 10.1. The van der Waals surface area contributed by atoms with Gasteiger partial charge in [0.25, 0.3) is 0 Å². The number of benzene rings is 1. The van der Waals surface area contributed by atoms with Crippen molar-refractivity contribution in [2.75, 3.05) is 26.2 Å². The van der Waals surface area contributed by atoms with Gasteiger partial charge in [0, 0.05) is 0 Å². The van der Waals surface area contributed by atoms with Crippen LogP contribution in [0.4, 0.5) is 0 Å². The zero-order chi connectivity index (χ0) is 12.1. The highest BCUT2D eigenvalue weighted by atomic mass is 35.5. The molecule has 1 aromatic carbocycles. The summed E-state index contributed by atoms with van der Waals surface area (Å²) in [6.45, 7) is 4.29. The third kappa shape index (κ3) is 3.77. The van der Waals surface area contributed by atoms with E-state index < -0.39 is 0 Å². The first-order chi connectivity index (χ1) is 8.27. The van der Waals surface area contributed by atoms with Crippen molar-refractivity contribution >= 4 is 23.2 Å². The summed E-state index contributed by atoms with van der Waals surface area (Å²) < 4.78 is 5.68. The summed E-state index contributed by atoms with van der Waals surface area (Å²) in [5, 5.41) is 1.07. The molecule has 0 unspecified atom stereocenters. The van der Waals surface area contributed by atoms with E-state index in [1.54, 1.807) is 11.0 Å². The summed E-state index contributed by atoms with van der Waals surface area (Å²) in [6.07, 6.45) is 4.06. The molecule has 1 N–H and O–H groups in total. The normalized spacial score (nSPS) is 17.1. The van der Waals surface area contributed by atoms with Gasteiger partial charge in [-0.2, -0.15) is 0 Å². The van der Waals surface area contributed by atoms with Crippen LogP contribution in [0, 0.1) is 0 Å². The van der Waals surface area contributed by atoms with Crippen LogP contribution in [0.5, 0.6) is 5.75 Å². The quantitative estimate of drug-likeness (QED) is 0.891. The van der Waals surface area contributed by atoms with E-state index in [0.29, 0.717) is 22.4 Å². The van der Waals surface area contributed by atoms with E-state index in [0.717, 1.165) is 6.54 Å². The van der Waals surface area contributed by atoms with Crippen molar-refractivity contribution in [1.29, 1.82) is 0 Å². The van der Waals surface area contributed by atoms with Crippen LogP contribution in [-0.2, 0) is 0 Å². The second-order valence-electron chi connectivity index (χ2n) is 4.46. The van der Waals surface area contributed by atoms with Crippen LogP contribution in [0.15, 0.2) is 18.2 Å². The molecule has 0 aromatic heterocycles. The third-order valence-corrected chi connectivity index (χ3v) is 3.99. The van der Waals surface area contributed by atoms with Crippen molar-refractivity contribution in [2.24, 2.45) is 0 Å². The van der Waals surface area contributed by atoms with Gasteiger partial charge in [0.15, 0.2) is 0 Å². The lowest BCUT2D eigenvalue weighted by molar-refractivity contribution is -0.904. The number of rotatable bonds is 4. The molecule has 2 nitrogen and oxygen atoms in total. The largest absolute Gasteiger partial charge is 0.486 e. The summed E-state index contributed by atoms with van der Waals surface area (Å²) in [4.78, 5) is 1.63. The highest BCUT2D eigenvalue weighted by Crippen LogP contribution is 2.31. The van der Waals surface area contributed by atoms with Crippen LogP contribution < -0.4 is 9.64 Å². The van der Waals surface area contributed by atoms with Crippen LogP contribution in [-0.4, -0.2) is 26.2 Å². The van der Waals surface area contributed by atoms with Crippen LogP contribution in [0.3, 0.4) is 0 Å². The minimum absolute atomic E-state index is 0.516. The number of hydrogen-bond acceptors (Lipinski definition) is 1. The van der Waals surface area contributed by atoms with Gasteiger partial charge in [-0.05, 0) is 31.4 Å². The number of nitrogens with one attached hydrogen (secondary N) is 1. The van der Waals surface area contributed by atoms with Crippen LogP contribution in [0.25, 0.3) is 0 Å². The molecule has 4 heteroatoms. The highest BCUT2D eigenvalue weighted by Gasteiger charge is 2.13. The van der Waals surface area contributed by atoms with Crippen molar-refractivity contribution in [3.05, 3.63) is 28.2 Å². The van der Waals surface area contributed by atoms with E-state index in [-0.39, 0.29) is 0 Å². The fourth-order valence-electron chi connectivity index (χ4n) is 2.20. The van der Waals surface area contributed by atoms with Crippen molar-refractivity contribution < 1.29 is 9.64 Å². The number of quaternary nitrogens is 1. The maximum atomic E-state index is 6.05. The fourth-order valence-corrected chi connectivity index (χ4v) is 2.55. The summed E-state index contributed by atoms with van der Waals surface area (Å²) >= 11 is 12.0. The number of ether oxygens (including phenoxy) is 1. The maximum Gasteiger partial charge on any atom is 0.139 e. The Hall–Kier alpha value is -0.440. The van der Waals surface area contributed by atoms with E-state index in [1.165, 1.54) is 32.4 Å². The van der Waals surface area contributed by atoms with Gasteiger partial charge in [-0.15, -0.1) is 0 Å². The Balaban J connectivity index is 1.79. The van der Waals surface area contributed by atoms with Gasteiger partial charge in [0.1, 0.15) is 23.9 Å². The molecular weight excluding hydrogens is 257 g/mol. The number of halogens is 2. The van der Waals surface area contributed by atoms with Crippen LogP contribution >= 0.6 is 23.2 Å². The molecule has 1 heterocycles. The Morgan fingerprint density at radius 2 is 1.88 bits per heavy atom. The maximum absolute atomic E-state index is 6.05. The Morgan fingerprint density at radius 1 is 1.12 bits per heavy atom. The molecule has 1 aliphatic rings. The zero-order valence-corrected chi connectivity index (χ0v) is 11.4. The first-order valence-electron chi connectivity index (χ1n) is 6.18. The molecule has 0 radical (unpaired) electrons. The van der Waals surface area contributed by atoms with Gasteiger partial charge >= 0.3 is 0 Å². The lowest BCUT2D eigenvalue weighted by Gasteiger charge is -2.23. The van der Waals surface area contributed by atoms with Crippen molar-refractivity contribution in [3.63, 3.8) is 0 Å². The molecule has 0 aliphatic carbocycles. The molecule has 0 saturated carbocycles. The van der Waals surface area contributed by atoms with Crippen molar-refractivity contribution in [3.8, 4) is 5.75 Å². The van der Waals surface area contributed by atoms with Crippen LogP contribution in [0.1, 0.15) is 19.3 Å². The third-order valence-electron chi connectivity index (χ3n) is 3.19. The van der Waals surface area contributed by atoms with Crippen molar-refractivity contribution in [1.82, 2.24) is 0 Å². The SMILES string of the molecule is Clc1cccc(OCC[NH+]2CCCCC2)c1Cl. The van der Waals surface area contributed by atoms with Gasteiger partial charge < -0.3 is 9.64 Å². The molecule has 17 heavy (non-hydrogen) atoms. The lowest BCUT2D eigenvalue weighted by Crippen LogP contribution is -3.13. The molecule has 1 fully saturated rings. The standard InChI is InChI=1S/C13H17Cl2NO/c14-11-5-4-6-12(13(11)15)17-10-9-16-7-2-1-3-8-16/h4-6H,1-3,7-10H2/p+1. The molecule has 1 aliphatic heterocycles. The average Bonchev–Trinajstić information content (AvgIpc) is 2.36. The van der Waals surface area contributed by atoms with Gasteiger partial charge in [0.05, 0.1) is 18.1 Å². The molecule has 0 atom stereocenters. The summed E-state index contributed by atoms with van der Waals surface area (Å²) in [7, 11) is 0. The molecule has 0 spiro atoms. The first-order valence-corrected chi connectivity index (χ1v) is 6.93. The number of piperidine rings is 1. The molecule has 0 amide bonds. The Kier molecular flexibility index (Phi) is 4.96. The van der Waals surface area contributed by atoms with E-state index in [9.17, 15) is 0 Å². The smallest absolute Gasteiger partial charge is 0.139 e. The Morgan fingerprint density at radius 3 is 2.65 bits per heavy atom. The summed E-state index contributed by atoms with van der Waals surface area (Å²) in [5.41, 5.74) is 0. The zero-order valence-electron chi connectivity index (χ0n) is 9.85. The molecule has 1 aromatic rings. The second kappa shape index (κ2) is 6.48. The van der Waals surface area contributed by atoms with Gasteiger partial charge in [-0.3, -0.25) is 0 Å². The molecular formula is C13H18Cl2NO+. The highest BCUT2D eigenvalue weighted by molar-refractivity contribution is 6.42. The van der Waals surface area contributed by atoms with Crippen molar-refractivity contribution in [2.45, 2.75) is 19.3 Å². The minimum Gasteiger partial charge on any atom is -0.486 e. The molecule has 0 bridgehead atoms. The fraction of sp³-hybridized carbons (Fsp3) is 0.538. The second-order valence-corrected chi connectivity index (χ2v) is 5.25. The predicted octanol–water partition coefficient (Wildman–Crippen LogP) is 2.44. The summed E-state index contributed by atoms with van der Waals surface area (Å²) in [6, 6.07) is 5.49. The predicted molar refractivity (Wildman–Crippen MR) is 71.4 cm³/mol. The Labute approximate surface area is 112 Å². The molecule has 1 saturated heterocycles. The number of likely N-dealkylation sites (tertiary alicyclic amines) is 1. The molecule has 2 rings (SSSR count). The van der Waals surface area contributed by atoms with Crippen LogP contribution in [0.2, 0.25) is 10.0 Å². The van der Waals surface area contributed by atoms with E-state index in [2.05, 4.69) is 0 Å². The molecule has 94 valence electrons. The van der Waals surface area contributed by atoms with Gasteiger partial charge in [-0.25, -0.2) is 0 Å². The van der Waals surface area contributed by atoms with Gasteiger partial charge in [-0.1, -0.05) is 29.3 Å². The average molecular weight is 275 g/mol. The first kappa shape index (κ1) is 13.0. The topological polar surface area (TPSA) is 13.7 Å². The van der Waals surface area contributed by atoms with E-state index >= 15 is 0 Å².